The molecule has 0 aliphatic heterocycles. The Morgan fingerprint density at radius 2 is 1.39 bits per heavy atom. The van der Waals surface area contributed by atoms with Gasteiger partial charge in [0, 0.05) is 6.42 Å². The van der Waals surface area contributed by atoms with Crippen LogP contribution < -0.4 is 0 Å². The Labute approximate surface area is 143 Å². The van der Waals surface area contributed by atoms with Gasteiger partial charge >= 0.3 is 5.97 Å². The van der Waals surface area contributed by atoms with Crippen LogP contribution in [0.25, 0.3) is 0 Å². The lowest BCUT2D eigenvalue weighted by Crippen LogP contribution is -2.13. The second-order valence-electron chi connectivity index (χ2n) is 7.07. The average Bonchev–Trinajstić information content (AvgIpc) is 2.52. The molecule has 0 amide bonds. The molecule has 0 spiro atoms. The van der Waals surface area contributed by atoms with E-state index in [1.54, 1.807) is 0 Å². The van der Waals surface area contributed by atoms with Crippen molar-refractivity contribution in [1.29, 1.82) is 0 Å². The molecule has 2 unspecified atom stereocenters. The van der Waals surface area contributed by atoms with E-state index in [2.05, 4.69) is 13.8 Å². The van der Waals surface area contributed by atoms with Crippen molar-refractivity contribution in [3.63, 3.8) is 0 Å². The van der Waals surface area contributed by atoms with Crippen molar-refractivity contribution in [3.05, 3.63) is 0 Å². The zero-order valence-corrected chi connectivity index (χ0v) is 15.6. The summed E-state index contributed by atoms with van der Waals surface area (Å²) in [5.41, 5.74) is 0. The normalized spacial score (nSPS) is 13.9. The van der Waals surface area contributed by atoms with Crippen molar-refractivity contribution in [2.45, 2.75) is 116 Å². The summed E-state index contributed by atoms with van der Waals surface area (Å²) < 4.78 is 0. The van der Waals surface area contributed by atoms with Gasteiger partial charge in [-0.3, -0.25) is 4.79 Å². The van der Waals surface area contributed by atoms with Gasteiger partial charge < -0.3 is 10.2 Å². The van der Waals surface area contributed by atoms with Crippen molar-refractivity contribution < 1.29 is 15.0 Å². The summed E-state index contributed by atoms with van der Waals surface area (Å²) in [7, 11) is 0. The molecule has 2 atom stereocenters. The molecule has 0 heterocycles. The number of aliphatic hydroxyl groups is 1. The van der Waals surface area contributed by atoms with Gasteiger partial charge in [-0.15, -0.1) is 0 Å². The third kappa shape index (κ3) is 16.1. The molecule has 0 rings (SSSR count). The number of hydrogen-bond acceptors (Lipinski definition) is 2. The third-order valence-electron chi connectivity index (χ3n) is 4.83. The summed E-state index contributed by atoms with van der Waals surface area (Å²) in [6.07, 6.45) is 16.2. The largest absolute Gasteiger partial charge is 0.481 e. The van der Waals surface area contributed by atoms with Crippen LogP contribution in [0.5, 0.6) is 0 Å². The fourth-order valence-electron chi connectivity index (χ4n) is 3.21. The maximum absolute atomic E-state index is 10.4. The molecule has 0 saturated carbocycles. The number of unbranched alkanes of at least 4 members (excludes halogenated alkanes) is 8. The Bertz CT molecular complexity index is 266. The number of carboxylic acids is 1. The van der Waals surface area contributed by atoms with Crippen LogP contribution in [0.15, 0.2) is 0 Å². The summed E-state index contributed by atoms with van der Waals surface area (Å²) in [6, 6.07) is 0. The van der Waals surface area contributed by atoms with E-state index in [0.717, 1.165) is 38.5 Å². The zero-order chi connectivity index (χ0) is 17.3. The van der Waals surface area contributed by atoms with Crippen LogP contribution in [-0.2, 0) is 4.79 Å². The molecule has 0 aromatic heterocycles. The summed E-state index contributed by atoms with van der Waals surface area (Å²) in [6.45, 7) is 4.46. The van der Waals surface area contributed by atoms with E-state index < -0.39 is 5.97 Å². The SMILES string of the molecule is CCCCCCCC(O)CC(CC)CCCCCCCC(=O)O. The number of carbonyl (C=O) groups is 1. The van der Waals surface area contributed by atoms with Crippen LogP contribution in [-0.4, -0.2) is 22.3 Å². The van der Waals surface area contributed by atoms with Crippen molar-refractivity contribution in [3.8, 4) is 0 Å². The average molecular weight is 329 g/mol. The number of aliphatic carboxylic acids is 1. The van der Waals surface area contributed by atoms with Gasteiger partial charge in [0.2, 0.25) is 0 Å². The van der Waals surface area contributed by atoms with Gasteiger partial charge in [-0.25, -0.2) is 0 Å². The molecule has 0 bridgehead atoms. The molecule has 3 heteroatoms. The maximum atomic E-state index is 10.4. The fourth-order valence-corrected chi connectivity index (χ4v) is 3.21. The molecule has 0 radical (unpaired) electrons. The van der Waals surface area contributed by atoms with Gasteiger partial charge in [0.05, 0.1) is 6.10 Å². The van der Waals surface area contributed by atoms with Crippen LogP contribution in [0.3, 0.4) is 0 Å². The number of carboxylic acid groups (broad SMARTS) is 1. The fraction of sp³-hybridized carbons (Fsp3) is 0.950. The van der Waals surface area contributed by atoms with Crippen molar-refractivity contribution in [2.24, 2.45) is 5.92 Å². The van der Waals surface area contributed by atoms with E-state index in [-0.39, 0.29) is 6.10 Å². The van der Waals surface area contributed by atoms with Crippen molar-refractivity contribution in [1.82, 2.24) is 0 Å². The number of rotatable bonds is 17. The molecule has 0 fully saturated rings. The third-order valence-corrected chi connectivity index (χ3v) is 4.83. The van der Waals surface area contributed by atoms with E-state index in [9.17, 15) is 9.90 Å². The lowest BCUT2D eigenvalue weighted by molar-refractivity contribution is -0.137. The molecular formula is C20H40O3. The Hall–Kier alpha value is -0.570. The highest BCUT2D eigenvalue weighted by Crippen LogP contribution is 2.22. The van der Waals surface area contributed by atoms with Crippen molar-refractivity contribution in [2.75, 3.05) is 0 Å². The highest BCUT2D eigenvalue weighted by molar-refractivity contribution is 5.66. The minimum atomic E-state index is -0.681. The summed E-state index contributed by atoms with van der Waals surface area (Å²) in [5, 5.41) is 18.8. The van der Waals surface area contributed by atoms with E-state index >= 15 is 0 Å². The molecule has 0 aromatic carbocycles. The first-order chi connectivity index (χ1) is 11.1. The van der Waals surface area contributed by atoms with Crippen LogP contribution in [0.2, 0.25) is 0 Å². The monoisotopic (exact) mass is 328 g/mol. The summed E-state index contributed by atoms with van der Waals surface area (Å²) in [4.78, 5) is 10.4. The molecular weight excluding hydrogens is 288 g/mol. The Kier molecular flexibility index (Phi) is 15.9. The molecule has 138 valence electrons. The minimum Gasteiger partial charge on any atom is -0.481 e. The quantitative estimate of drug-likeness (QED) is 0.325. The zero-order valence-electron chi connectivity index (χ0n) is 15.6. The predicted molar refractivity (Wildman–Crippen MR) is 97.7 cm³/mol. The smallest absolute Gasteiger partial charge is 0.303 e. The first-order valence-electron chi connectivity index (χ1n) is 9.99. The van der Waals surface area contributed by atoms with E-state index in [0.29, 0.717) is 12.3 Å². The molecule has 3 nitrogen and oxygen atoms in total. The highest BCUT2D eigenvalue weighted by atomic mass is 16.4. The molecule has 0 saturated heterocycles. The molecule has 0 aromatic rings. The van der Waals surface area contributed by atoms with E-state index in [1.807, 2.05) is 0 Å². The van der Waals surface area contributed by atoms with Gasteiger partial charge in [0.25, 0.3) is 0 Å². The second kappa shape index (κ2) is 16.3. The topological polar surface area (TPSA) is 57.5 Å². The molecule has 0 aliphatic carbocycles. The van der Waals surface area contributed by atoms with Crippen LogP contribution in [0.4, 0.5) is 0 Å². The van der Waals surface area contributed by atoms with Gasteiger partial charge in [-0.1, -0.05) is 84.5 Å². The maximum Gasteiger partial charge on any atom is 0.303 e. The summed E-state index contributed by atoms with van der Waals surface area (Å²) >= 11 is 0. The Morgan fingerprint density at radius 3 is 2.00 bits per heavy atom. The van der Waals surface area contributed by atoms with Crippen LogP contribution in [0, 0.1) is 5.92 Å². The van der Waals surface area contributed by atoms with Crippen molar-refractivity contribution >= 4 is 5.97 Å². The van der Waals surface area contributed by atoms with Gasteiger partial charge in [0.15, 0.2) is 0 Å². The number of aliphatic hydroxyl groups excluding tert-OH is 1. The van der Waals surface area contributed by atoms with Crippen LogP contribution in [0.1, 0.15) is 110 Å². The lowest BCUT2D eigenvalue weighted by Gasteiger charge is -2.19. The standard InChI is InChI=1S/C20H40O3/c1-3-5-6-8-12-15-19(21)17-18(4-2)14-11-9-7-10-13-16-20(22)23/h18-19,21H,3-17H2,1-2H3,(H,22,23). The first kappa shape index (κ1) is 22.4. The van der Waals surface area contributed by atoms with E-state index in [1.165, 1.54) is 51.4 Å². The molecule has 0 aliphatic rings. The lowest BCUT2D eigenvalue weighted by atomic mass is 9.90. The first-order valence-corrected chi connectivity index (χ1v) is 9.99. The van der Waals surface area contributed by atoms with Gasteiger partial charge in [-0.05, 0) is 25.2 Å². The predicted octanol–water partition coefficient (Wildman–Crippen LogP) is 5.94. The summed E-state index contributed by atoms with van der Waals surface area (Å²) in [5.74, 6) is -0.0283. The Morgan fingerprint density at radius 1 is 0.826 bits per heavy atom. The highest BCUT2D eigenvalue weighted by Gasteiger charge is 2.12. The van der Waals surface area contributed by atoms with Gasteiger partial charge in [0.1, 0.15) is 0 Å². The minimum absolute atomic E-state index is 0.114. The van der Waals surface area contributed by atoms with Crippen LogP contribution >= 0.6 is 0 Å². The van der Waals surface area contributed by atoms with E-state index in [4.69, 9.17) is 5.11 Å². The molecule has 2 N–H and O–H groups in total. The Balaban J connectivity index is 3.55. The van der Waals surface area contributed by atoms with Gasteiger partial charge in [-0.2, -0.15) is 0 Å². The molecule has 23 heavy (non-hydrogen) atoms. The second-order valence-corrected chi connectivity index (χ2v) is 7.07. The number of hydrogen-bond donors (Lipinski definition) is 2.